The van der Waals surface area contributed by atoms with Crippen LogP contribution < -0.4 is 10.3 Å². The second-order valence-corrected chi connectivity index (χ2v) is 5.15. The number of hydrogen-bond donors (Lipinski definition) is 1. The van der Waals surface area contributed by atoms with Crippen molar-refractivity contribution in [3.8, 4) is 0 Å². The summed E-state index contributed by atoms with van der Waals surface area (Å²) in [6.45, 7) is 2.08. The third-order valence-electron chi connectivity index (χ3n) is 3.12. The molecule has 0 spiro atoms. The summed E-state index contributed by atoms with van der Waals surface area (Å²) in [5, 5.41) is 3.39. The van der Waals surface area contributed by atoms with E-state index in [1.807, 2.05) is 12.1 Å². The number of rotatable bonds is 1. The minimum atomic E-state index is -0.203. The molecule has 16 heavy (non-hydrogen) atoms. The molecular weight excluding hydrogens is 222 g/mol. The Morgan fingerprint density at radius 2 is 2.38 bits per heavy atom. The predicted octanol–water partition coefficient (Wildman–Crippen LogP) is 2.32. The monoisotopic (exact) mass is 235 g/mol. The lowest BCUT2D eigenvalue weighted by molar-refractivity contribution is 0.457. The average Bonchev–Trinajstić information content (AvgIpc) is 2.70. The number of nitrogens with one attached hydrogen (secondary N) is 1. The Labute approximate surface area is 97.1 Å². The van der Waals surface area contributed by atoms with Crippen molar-refractivity contribution in [1.29, 1.82) is 0 Å². The van der Waals surface area contributed by atoms with Gasteiger partial charge in [-0.2, -0.15) is 0 Å². The number of benzene rings is 1. The fraction of sp³-hybridized carbons (Fsp3) is 0.417. The van der Waals surface area contributed by atoms with Gasteiger partial charge < -0.3 is 9.73 Å². The molecule has 3 nitrogen and oxygen atoms in total. The molecule has 4 heteroatoms. The van der Waals surface area contributed by atoms with E-state index in [2.05, 4.69) is 11.4 Å². The van der Waals surface area contributed by atoms with Gasteiger partial charge in [0.25, 0.3) is 0 Å². The smallest absolute Gasteiger partial charge is 0.396 e. The summed E-state index contributed by atoms with van der Waals surface area (Å²) in [7, 11) is 0. The summed E-state index contributed by atoms with van der Waals surface area (Å²) < 4.78 is 6.25. The number of fused-ring (bicyclic) bond motifs is 1. The van der Waals surface area contributed by atoms with Gasteiger partial charge >= 0.3 is 4.94 Å². The van der Waals surface area contributed by atoms with Crippen LogP contribution in [0.4, 0.5) is 0 Å². The quantitative estimate of drug-likeness (QED) is 0.824. The zero-order valence-corrected chi connectivity index (χ0v) is 9.68. The first kappa shape index (κ1) is 10.1. The molecule has 1 aromatic heterocycles. The van der Waals surface area contributed by atoms with Crippen LogP contribution in [0.5, 0.6) is 0 Å². The Balaban J connectivity index is 2.11. The first-order chi connectivity index (χ1) is 7.84. The molecule has 1 fully saturated rings. The van der Waals surface area contributed by atoms with Gasteiger partial charge in [0.1, 0.15) is 0 Å². The van der Waals surface area contributed by atoms with E-state index >= 15 is 0 Å². The van der Waals surface area contributed by atoms with Crippen molar-refractivity contribution in [2.24, 2.45) is 0 Å². The van der Waals surface area contributed by atoms with E-state index in [4.69, 9.17) is 4.42 Å². The average molecular weight is 235 g/mol. The fourth-order valence-electron chi connectivity index (χ4n) is 2.36. The van der Waals surface area contributed by atoms with E-state index in [1.165, 1.54) is 29.7 Å². The van der Waals surface area contributed by atoms with Crippen LogP contribution in [0.15, 0.2) is 27.4 Å². The van der Waals surface area contributed by atoms with Crippen molar-refractivity contribution in [1.82, 2.24) is 5.32 Å². The third-order valence-corrected chi connectivity index (χ3v) is 3.92. The van der Waals surface area contributed by atoms with E-state index < -0.39 is 0 Å². The molecule has 3 rings (SSSR count). The van der Waals surface area contributed by atoms with Crippen molar-refractivity contribution >= 4 is 21.6 Å². The second kappa shape index (κ2) is 4.03. The molecule has 1 aliphatic heterocycles. The normalized spacial score (nSPS) is 21.4. The molecule has 0 bridgehead atoms. The molecule has 1 atom stereocenters. The molecule has 1 saturated heterocycles. The molecule has 1 aliphatic rings. The minimum absolute atomic E-state index is 0.203. The van der Waals surface area contributed by atoms with E-state index in [-0.39, 0.29) is 4.94 Å². The highest BCUT2D eigenvalue weighted by Gasteiger charge is 2.19. The highest BCUT2D eigenvalue weighted by Crippen LogP contribution is 2.30. The molecular formula is C12H13NO2S. The maximum atomic E-state index is 11.3. The summed E-state index contributed by atoms with van der Waals surface area (Å²) in [5.74, 6) is 0.482. The van der Waals surface area contributed by atoms with E-state index in [0.717, 1.165) is 23.4 Å². The molecule has 0 radical (unpaired) electrons. The first-order valence-electron chi connectivity index (χ1n) is 5.58. The Morgan fingerprint density at radius 3 is 3.19 bits per heavy atom. The van der Waals surface area contributed by atoms with Gasteiger partial charge in [-0.05, 0) is 25.5 Å². The Hall–Kier alpha value is -1.13. The van der Waals surface area contributed by atoms with Crippen LogP contribution in [0.25, 0.3) is 10.3 Å². The largest absolute Gasteiger partial charge is 0.414 e. The maximum Gasteiger partial charge on any atom is 0.396 e. The summed E-state index contributed by atoms with van der Waals surface area (Å²) in [6.07, 6.45) is 2.36. The summed E-state index contributed by atoms with van der Waals surface area (Å²) >= 11 is 1.19. The van der Waals surface area contributed by atoms with Crippen LogP contribution in [0, 0.1) is 0 Å². The van der Waals surface area contributed by atoms with Crippen molar-refractivity contribution in [2.45, 2.75) is 18.8 Å². The van der Waals surface area contributed by atoms with Crippen LogP contribution in [-0.4, -0.2) is 13.1 Å². The van der Waals surface area contributed by atoms with Gasteiger partial charge in [-0.1, -0.05) is 23.5 Å². The molecule has 2 aromatic rings. The van der Waals surface area contributed by atoms with Crippen LogP contribution in [0.2, 0.25) is 0 Å². The lowest BCUT2D eigenvalue weighted by atomic mass is 9.91. The molecule has 1 N–H and O–H groups in total. The number of para-hydroxylation sites is 1. The van der Waals surface area contributed by atoms with Gasteiger partial charge in [-0.25, -0.2) is 4.79 Å². The van der Waals surface area contributed by atoms with E-state index in [0.29, 0.717) is 5.92 Å². The Kier molecular flexibility index (Phi) is 2.53. The zero-order chi connectivity index (χ0) is 11.0. The van der Waals surface area contributed by atoms with Crippen molar-refractivity contribution in [3.05, 3.63) is 33.5 Å². The van der Waals surface area contributed by atoms with Crippen molar-refractivity contribution in [3.63, 3.8) is 0 Å². The number of hydrogen-bond acceptors (Lipinski definition) is 4. The van der Waals surface area contributed by atoms with Gasteiger partial charge in [0.2, 0.25) is 0 Å². The molecule has 84 valence electrons. The van der Waals surface area contributed by atoms with Crippen molar-refractivity contribution in [2.75, 3.05) is 13.1 Å². The van der Waals surface area contributed by atoms with Gasteiger partial charge in [0.05, 0.1) is 4.70 Å². The third kappa shape index (κ3) is 1.68. The molecule has 1 aromatic carbocycles. The predicted molar refractivity (Wildman–Crippen MR) is 65.2 cm³/mol. The van der Waals surface area contributed by atoms with E-state index in [9.17, 15) is 4.79 Å². The lowest BCUT2D eigenvalue weighted by Gasteiger charge is -2.22. The van der Waals surface area contributed by atoms with Gasteiger partial charge in [0.15, 0.2) is 5.58 Å². The van der Waals surface area contributed by atoms with Crippen LogP contribution in [-0.2, 0) is 0 Å². The first-order valence-corrected chi connectivity index (χ1v) is 6.39. The van der Waals surface area contributed by atoms with Crippen LogP contribution in [0.1, 0.15) is 24.3 Å². The summed E-state index contributed by atoms with van der Waals surface area (Å²) in [6, 6.07) is 6.04. The molecule has 0 saturated carbocycles. The minimum Gasteiger partial charge on any atom is -0.414 e. The zero-order valence-electron chi connectivity index (χ0n) is 8.86. The highest BCUT2D eigenvalue weighted by atomic mass is 32.1. The standard InChI is InChI=1S/C12H13NO2S/c14-12-15-11-9(4-1-5-10(11)16-12)8-3-2-6-13-7-8/h1,4-5,8,13H,2-3,6-7H2. The molecule has 1 unspecified atom stereocenters. The highest BCUT2D eigenvalue weighted by molar-refractivity contribution is 7.16. The SMILES string of the molecule is O=c1oc2c(C3CCCNC3)cccc2s1. The molecule has 0 amide bonds. The Bertz CT molecular complexity index is 551. The number of piperidine rings is 1. The van der Waals surface area contributed by atoms with Gasteiger partial charge in [0, 0.05) is 18.0 Å². The lowest BCUT2D eigenvalue weighted by Crippen LogP contribution is -2.28. The second-order valence-electron chi connectivity index (χ2n) is 4.17. The van der Waals surface area contributed by atoms with E-state index in [1.54, 1.807) is 0 Å². The van der Waals surface area contributed by atoms with Gasteiger partial charge in [-0.15, -0.1) is 0 Å². The summed E-state index contributed by atoms with van der Waals surface area (Å²) in [5.41, 5.74) is 1.98. The summed E-state index contributed by atoms with van der Waals surface area (Å²) in [4.78, 5) is 11.1. The van der Waals surface area contributed by atoms with Crippen LogP contribution >= 0.6 is 11.3 Å². The Morgan fingerprint density at radius 1 is 1.44 bits per heavy atom. The fourth-order valence-corrected chi connectivity index (χ4v) is 3.06. The van der Waals surface area contributed by atoms with Crippen molar-refractivity contribution < 1.29 is 4.42 Å². The maximum absolute atomic E-state index is 11.3. The molecule has 2 heterocycles. The topological polar surface area (TPSA) is 42.2 Å². The van der Waals surface area contributed by atoms with Crippen LogP contribution in [0.3, 0.4) is 0 Å². The van der Waals surface area contributed by atoms with Gasteiger partial charge in [-0.3, -0.25) is 0 Å². The molecule has 0 aliphatic carbocycles.